The molecule has 0 aliphatic heterocycles. The molecule has 0 aliphatic carbocycles. The third-order valence-corrected chi connectivity index (χ3v) is 3.43. The van der Waals surface area contributed by atoms with Gasteiger partial charge in [-0.25, -0.2) is 4.79 Å². The summed E-state index contributed by atoms with van der Waals surface area (Å²) in [5.41, 5.74) is 7.18. The van der Waals surface area contributed by atoms with Gasteiger partial charge in [0, 0.05) is 5.56 Å². The predicted octanol–water partition coefficient (Wildman–Crippen LogP) is 2.12. The fraction of sp³-hybridized carbons (Fsp3) is 0.222. The third kappa shape index (κ3) is 4.87. The van der Waals surface area contributed by atoms with Crippen LogP contribution in [0.2, 0.25) is 0 Å². The van der Waals surface area contributed by atoms with Crippen molar-refractivity contribution in [1.82, 2.24) is 0 Å². The molecule has 0 radical (unpaired) electrons. The Kier molecular flexibility index (Phi) is 6.22. The largest absolute Gasteiger partial charge is 0.497 e. The number of amidine groups is 1. The zero-order valence-corrected chi connectivity index (χ0v) is 14.3. The van der Waals surface area contributed by atoms with Gasteiger partial charge in [0.05, 0.1) is 27.8 Å². The van der Waals surface area contributed by atoms with E-state index in [1.165, 1.54) is 14.2 Å². The van der Waals surface area contributed by atoms with Gasteiger partial charge in [-0.2, -0.15) is 0 Å². The number of hydrogen-bond donors (Lipinski definition) is 1. The van der Waals surface area contributed by atoms with Crippen LogP contribution in [-0.2, 0) is 16.1 Å². The zero-order chi connectivity index (χ0) is 18.2. The number of hydrogen-bond acceptors (Lipinski definition) is 6. The number of carbonyl (C=O) groups excluding carboxylic acids is 1. The average Bonchev–Trinajstić information content (AvgIpc) is 2.66. The number of nitrogens with zero attached hydrogens (tertiary/aromatic N) is 1. The predicted molar refractivity (Wildman–Crippen MR) is 93.1 cm³/mol. The Bertz CT molecular complexity index is 757. The summed E-state index contributed by atoms with van der Waals surface area (Å²) in [6.07, 6.45) is 0.0761. The van der Waals surface area contributed by atoms with Gasteiger partial charge in [0.1, 0.15) is 5.75 Å². The van der Waals surface area contributed by atoms with Crippen molar-refractivity contribution in [3.05, 3.63) is 53.6 Å². The molecule has 0 amide bonds. The second kappa shape index (κ2) is 8.58. The molecule has 0 saturated heterocycles. The first-order valence-corrected chi connectivity index (χ1v) is 7.46. The number of ether oxygens (including phenoxy) is 3. The van der Waals surface area contributed by atoms with Crippen LogP contribution in [0, 0.1) is 0 Å². The van der Waals surface area contributed by atoms with Crippen LogP contribution >= 0.6 is 0 Å². The fourth-order valence-electron chi connectivity index (χ4n) is 2.09. The van der Waals surface area contributed by atoms with Crippen LogP contribution in [0.25, 0.3) is 0 Å². The molecule has 0 bridgehead atoms. The molecule has 0 atom stereocenters. The van der Waals surface area contributed by atoms with Crippen molar-refractivity contribution in [2.75, 3.05) is 21.3 Å². The van der Waals surface area contributed by atoms with E-state index >= 15 is 0 Å². The van der Waals surface area contributed by atoms with Crippen LogP contribution in [-0.4, -0.2) is 33.1 Å². The van der Waals surface area contributed by atoms with E-state index in [4.69, 9.17) is 24.8 Å². The molecule has 0 fully saturated rings. The Morgan fingerprint density at radius 1 is 0.960 bits per heavy atom. The van der Waals surface area contributed by atoms with Gasteiger partial charge >= 0.3 is 5.97 Å². The van der Waals surface area contributed by atoms with Crippen LogP contribution < -0.4 is 19.9 Å². The summed E-state index contributed by atoms with van der Waals surface area (Å²) >= 11 is 0. The molecule has 7 nitrogen and oxygen atoms in total. The highest BCUT2D eigenvalue weighted by Gasteiger charge is 2.09. The second-order valence-electron chi connectivity index (χ2n) is 5.03. The lowest BCUT2D eigenvalue weighted by molar-refractivity contribution is -0.142. The van der Waals surface area contributed by atoms with Crippen molar-refractivity contribution in [3.63, 3.8) is 0 Å². The normalized spacial score (nSPS) is 10.9. The van der Waals surface area contributed by atoms with Crippen LogP contribution in [0.1, 0.15) is 11.1 Å². The van der Waals surface area contributed by atoms with Gasteiger partial charge in [-0.1, -0.05) is 17.3 Å². The standard InChI is InChI=1S/C18H20N2O5/c1-22-14-7-4-12(5-8-14)10-17(21)25-20-18(19)13-6-9-15(23-2)16(11-13)24-3/h4-9,11H,10H2,1-3H3,(H2,19,20). The van der Waals surface area contributed by atoms with E-state index < -0.39 is 5.97 Å². The molecule has 0 aromatic heterocycles. The molecule has 0 aliphatic rings. The minimum atomic E-state index is -0.520. The first-order valence-electron chi connectivity index (χ1n) is 7.46. The summed E-state index contributed by atoms with van der Waals surface area (Å²) in [5.74, 6) is 1.32. The third-order valence-electron chi connectivity index (χ3n) is 3.43. The van der Waals surface area contributed by atoms with Gasteiger partial charge in [-0.15, -0.1) is 0 Å². The lowest BCUT2D eigenvalue weighted by Crippen LogP contribution is -2.16. The first kappa shape index (κ1) is 18.1. The van der Waals surface area contributed by atoms with Crippen molar-refractivity contribution in [3.8, 4) is 17.2 Å². The van der Waals surface area contributed by atoms with E-state index in [9.17, 15) is 4.79 Å². The fourth-order valence-corrected chi connectivity index (χ4v) is 2.09. The summed E-state index contributed by atoms with van der Waals surface area (Å²) in [4.78, 5) is 16.7. The Labute approximate surface area is 145 Å². The van der Waals surface area contributed by atoms with Gasteiger partial charge in [-0.05, 0) is 35.9 Å². The summed E-state index contributed by atoms with van der Waals surface area (Å²) in [6.45, 7) is 0. The van der Waals surface area contributed by atoms with Crippen LogP contribution in [0.3, 0.4) is 0 Å². The van der Waals surface area contributed by atoms with Crippen molar-refractivity contribution in [2.45, 2.75) is 6.42 Å². The summed E-state index contributed by atoms with van der Waals surface area (Å²) in [5, 5.41) is 3.68. The van der Waals surface area contributed by atoms with Crippen molar-refractivity contribution in [2.24, 2.45) is 10.9 Å². The van der Waals surface area contributed by atoms with Gasteiger partial charge < -0.3 is 24.8 Å². The lowest BCUT2D eigenvalue weighted by Gasteiger charge is -2.09. The van der Waals surface area contributed by atoms with Gasteiger partial charge in [-0.3, -0.25) is 0 Å². The van der Waals surface area contributed by atoms with Gasteiger partial charge in [0.2, 0.25) is 0 Å². The molecule has 2 rings (SSSR count). The highest BCUT2D eigenvalue weighted by Crippen LogP contribution is 2.27. The highest BCUT2D eigenvalue weighted by atomic mass is 16.7. The number of nitrogens with two attached hydrogens (primary N) is 1. The van der Waals surface area contributed by atoms with E-state index in [1.807, 2.05) is 0 Å². The average molecular weight is 344 g/mol. The number of benzene rings is 2. The van der Waals surface area contributed by atoms with E-state index in [0.717, 1.165) is 5.56 Å². The molecule has 132 valence electrons. The minimum Gasteiger partial charge on any atom is -0.497 e. The quantitative estimate of drug-likeness (QED) is 0.358. The molecule has 0 unspecified atom stereocenters. The summed E-state index contributed by atoms with van der Waals surface area (Å²) in [7, 11) is 4.63. The van der Waals surface area contributed by atoms with Crippen molar-refractivity contribution in [1.29, 1.82) is 0 Å². The number of oxime groups is 1. The Hall–Kier alpha value is -3.22. The molecular formula is C18H20N2O5. The molecule has 25 heavy (non-hydrogen) atoms. The van der Waals surface area contributed by atoms with Crippen LogP contribution in [0.15, 0.2) is 47.6 Å². The molecule has 2 N–H and O–H groups in total. The number of rotatable bonds is 7. The van der Waals surface area contributed by atoms with Gasteiger partial charge in [0.15, 0.2) is 17.3 Å². The Balaban J connectivity index is 2.00. The maximum atomic E-state index is 11.9. The molecule has 0 saturated carbocycles. The van der Waals surface area contributed by atoms with E-state index in [0.29, 0.717) is 22.8 Å². The lowest BCUT2D eigenvalue weighted by atomic mass is 10.1. The highest BCUT2D eigenvalue weighted by molar-refractivity contribution is 5.98. The van der Waals surface area contributed by atoms with E-state index in [2.05, 4.69) is 5.16 Å². The number of carbonyl (C=O) groups is 1. The monoisotopic (exact) mass is 344 g/mol. The SMILES string of the molecule is COc1ccc(CC(=O)O/N=C(/N)c2ccc(OC)c(OC)c2)cc1. The van der Waals surface area contributed by atoms with Gasteiger partial charge in [0.25, 0.3) is 0 Å². The number of methoxy groups -OCH3 is 3. The molecular weight excluding hydrogens is 324 g/mol. The minimum absolute atomic E-state index is 0.0593. The Morgan fingerprint density at radius 2 is 1.64 bits per heavy atom. The first-order chi connectivity index (χ1) is 12.1. The van der Waals surface area contributed by atoms with Crippen LogP contribution in [0.4, 0.5) is 0 Å². The second-order valence-corrected chi connectivity index (χ2v) is 5.03. The van der Waals surface area contributed by atoms with E-state index in [1.54, 1.807) is 49.6 Å². The van der Waals surface area contributed by atoms with E-state index in [-0.39, 0.29) is 12.3 Å². The summed E-state index contributed by atoms with van der Waals surface area (Å²) in [6, 6.07) is 12.1. The molecule has 7 heteroatoms. The maximum Gasteiger partial charge on any atom is 0.339 e. The molecule has 0 spiro atoms. The smallest absolute Gasteiger partial charge is 0.339 e. The molecule has 2 aromatic rings. The molecule has 0 heterocycles. The van der Waals surface area contributed by atoms with Crippen LogP contribution in [0.5, 0.6) is 17.2 Å². The Morgan fingerprint density at radius 3 is 2.24 bits per heavy atom. The van der Waals surface area contributed by atoms with Crippen molar-refractivity contribution >= 4 is 11.8 Å². The van der Waals surface area contributed by atoms with Crippen molar-refractivity contribution < 1.29 is 23.8 Å². The summed E-state index contributed by atoms with van der Waals surface area (Å²) < 4.78 is 15.4. The maximum absolute atomic E-state index is 11.9. The topological polar surface area (TPSA) is 92.4 Å². The molecule has 2 aromatic carbocycles. The zero-order valence-electron chi connectivity index (χ0n) is 14.3.